The molecule has 0 saturated heterocycles. The number of hydrogen-bond acceptors (Lipinski definition) is 4. The minimum Gasteiger partial charge on any atom is -0.622 e. The fourth-order valence-corrected chi connectivity index (χ4v) is 0.833. The predicted molar refractivity (Wildman–Crippen MR) is 51.3 cm³/mol. The molecule has 0 bridgehead atoms. The summed E-state index contributed by atoms with van der Waals surface area (Å²) in [6, 6.07) is 0. The van der Waals surface area contributed by atoms with Crippen molar-refractivity contribution in [2.75, 3.05) is 13.2 Å². The number of carbonyl (C=O) groups is 1. The zero-order valence-electron chi connectivity index (χ0n) is 7.90. The van der Waals surface area contributed by atoms with Gasteiger partial charge in [-0.1, -0.05) is 11.2 Å². The Balaban J connectivity index is 3.36. The van der Waals surface area contributed by atoms with E-state index >= 15 is 0 Å². The summed E-state index contributed by atoms with van der Waals surface area (Å²) in [6.07, 6.45) is 3.55. The molecule has 0 unspecified atom stereocenters. The van der Waals surface area contributed by atoms with Crippen LogP contribution in [0.15, 0.2) is 17.3 Å². The summed E-state index contributed by atoms with van der Waals surface area (Å²) in [6.45, 7) is 2.46. The van der Waals surface area contributed by atoms with E-state index < -0.39 is 0 Å². The highest BCUT2D eigenvalue weighted by atomic mass is 28.2. The number of carbonyl (C=O) groups excluding carboxylic acids is 1. The Kier molecular flexibility index (Phi) is 6.80. The predicted octanol–water partition coefficient (Wildman–Crippen LogP) is -0.261. The highest BCUT2D eigenvalue weighted by molar-refractivity contribution is 5.95. The molecule has 74 valence electrons. The molecule has 0 radical (unpaired) electrons. The van der Waals surface area contributed by atoms with Crippen molar-refractivity contribution in [3.8, 4) is 0 Å². The summed E-state index contributed by atoms with van der Waals surface area (Å²) in [5.74, 6) is -0.354. The average molecular weight is 202 g/mol. The second kappa shape index (κ2) is 7.47. The maximum atomic E-state index is 10.7. The van der Waals surface area contributed by atoms with Gasteiger partial charge < -0.3 is 9.94 Å². The Hall–Kier alpha value is -1.17. The van der Waals surface area contributed by atoms with Crippen LogP contribution in [0.5, 0.6) is 0 Å². The second-order valence-corrected chi connectivity index (χ2v) is 3.12. The van der Waals surface area contributed by atoms with Crippen molar-refractivity contribution in [2.45, 2.75) is 13.3 Å². The first-order valence-corrected chi connectivity index (χ1v) is 4.94. The van der Waals surface area contributed by atoms with Crippen molar-refractivity contribution in [1.82, 2.24) is 0 Å². The van der Waals surface area contributed by atoms with E-state index in [2.05, 4.69) is 5.11 Å². The van der Waals surface area contributed by atoms with E-state index in [4.69, 9.17) is 4.74 Å². The van der Waals surface area contributed by atoms with Crippen LogP contribution in [0, 0.1) is 5.21 Å². The van der Waals surface area contributed by atoms with Crippen molar-refractivity contribution in [2.24, 2.45) is 5.11 Å². The molecule has 0 atom stereocenters. The Bertz CT molecular complexity index is 212. The number of rotatable bonds is 5. The highest BCUT2D eigenvalue weighted by Gasteiger charge is 1.95. The lowest BCUT2D eigenvalue weighted by molar-refractivity contribution is -0.375. The zero-order valence-corrected chi connectivity index (χ0v) is 9.90. The molecule has 0 aliphatic heterocycles. The summed E-state index contributed by atoms with van der Waals surface area (Å²) < 4.78 is 5.40. The summed E-state index contributed by atoms with van der Waals surface area (Å²) in [5, 5.41) is 13.9. The molecule has 0 aromatic carbocycles. The van der Waals surface area contributed by atoms with Gasteiger partial charge in [0.15, 0.2) is 0 Å². The molecule has 0 aromatic heterocycles. The molecule has 0 spiro atoms. The highest BCUT2D eigenvalue weighted by Crippen LogP contribution is 1.87. The summed E-state index contributed by atoms with van der Waals surface area (Å²) in [4.78, 5) is 10.7. The minimum atomic E-state index is -0.354. The lowest BCUT2D eigenvalue weighted by Gasteiger charge is -1.98. The van der Waals surface area contributed by atoms with Gasteiger partial charge in [0.25, 0.3) is 0 Å². The van der Waals surface area contributed by atoms with Crippen LogP contribution in [0.4, 0.5) is 0 Å². The number of ether oxygens (including phenoxy) is 1. The maximum absolute atomic E-state index is 10.7. The molecule has 0 aliphatic rings. The summed E-state index contributed by atoms with van der Waals surface area (Å²) in [5.41, 5.74) is 0. The quantitative estimate of drug-likeness (QED) is 0.154. The third-order valence-corrected chi connectivity index (χ3v) is 1.43. The largest absolute Gasteiger partial charge is 0.622 e. The molecule has 0 saturated carbocycles. The van der Waals surface area contributed by atoms with Crippen molar-refractivity contribution in [1.29, 1.82) is 0 Å². The summed E-state index contributed by atoms with van der Waals surface area (Å²) >= 11 is 0. The Morgan fingerprint density at radius 3 is 3.00 bits per heavy atom. The van der Waals surface area contributed by atoms with Crippen LogP contribution in [0.25, 0.3) is 0 Å². The van der Waals surface area contributed by atoms with Crippen LogP contribution in [0.3, 0.4) is 0 Å². The normalized spacial score (nSPS) is 12.2. The van der Waals surface area contributed by atoms with Gasteiger partial charge in [0.1, 0.15) is 6.54 Å². The Morgan fingerprint density at radius 2 is 2.46 bits per heavy atom. The van der Waals surface area contributed by atoms with Crippen LogP contribution < -0.4 is 0 Å². The zero-order chi connectivity index (χ0) is 10.1. The van der Waals surface area contributed by atoms with Crippen molar-refractivity contribution < 1.29 is 14.1 Å². The SMILES string of the molecule is CC=CC(=O)OCCCN=[N+]([O-])[SiH3]. The van der Waals surface area contributed by atoms with Crippen molar-refractivity contribution in [3.05, 3.63) is 17.4 Å². The van der Waals surface area contributed by atoms with Gasteiger partial charge >= 0.3 is 16.4 Å². The van der Waals surface area contributed by atoms with Gasteiger partial charge in [0.2, 0.25) is 0 Å². The molecule has 0 heterocycles. The average Bonchev–Trinajstić information content (AvgIpc) is 2.03. The number of allylic oxidation sites excluding steroid dienone is 1. The third-order valence-electron chi connectivity index (χ3n) is 1.15. The van der Waals surface area contributed by atoms with Gasteiger partial charge in [0.05, 0.1) is 6.61 Å². The molecular formula is C7H14N2O3Si. The smallest absolute Gasteiger partial charge is 0.354 e. The number of hydrogen-bond donors (Lipinski definition) is 0. The standard InChI is InChI=1S/C7H14N2O3Si/c1-2-4-7(10)12-6-3-5-8-9(11)13/h2,4H,3,5-6H2,1,13H3. The second-order valence-electron chi connectivity index (χ2n) is 2.35. The first-order valence-electron chi connectivity index (χ1n) is 4.04. The number of nitrogens with zero attached hydrogens (tertiary/aromatic N) is 2. The van der Waals surface area contributed by atoms with E-state index in [1.165, 1.54) is 6.08 Å². The summed E-state index contributed by atoms with van der Waals surface area (Å²) in [7, 11) is 0.377. The van der Waals surface area contributed by atoms with Gasteiger partial charge in [-0.2, -0.15) is 4.53 Å². The van der Waals surface area contributed by atoms with Gasteiger partial charge in [-0.3, -0.25) is 0 Å². The van der Waals surface area contributed by atoms with Crippen LogP contribution in [-0.4, -0.2) is 34.1 Å². The topological polar surface area (TPSA) is 64.7 Å². The molecule has 6 heteroatoms. The molecule has 13 heavy (non-hydrogen) atoms. The maximum Gasteiger partial charge on any atom is 0.354 e. The minimum absolute atomic E-state index is 0.308. The Morgan fingerprint density at radius 1 is 1.77 bits per heavy atom. The van der Waals surface area contributed by atoms with Gasteiger partial charge in [-0.05, 0) is 6.92 Å². The van der Waals surface area contributed by atoms with Gasteiger partial charge in [0, 0.05) is 12.5 Å². The van der Waals surface area contributed by atoms with Gasteiger partial charge in [-0.15, -0.1) is 0 Å². The van der Waals surface area contributed by atoms with E-state index in [0.717, 1.165) is 0 Å². The van der Waals surface area contributed by atoms with Crippen LogP contribution in [-0.2, 0) is 9.53 Å². The molecule has 0 N–H and O–H groups in total. The molecule has 0 aromatic rings. The third kappa shape index (κ3) is 8.74. The van der Waals surface area contributed by atoms with E-state index in [0.29, 0.717) is 34.5 Å². The first kappa shape index (κ1) is 11.8. The van der Waals surface area contributed by atoms with Gasteiger partial charge in [-0.25, -0.2) is 4.79 Å². The van der Waals surface area contributed by atoms with Crippen LogP contribution in [0.1, 0.15) is 13.3 Å². The lowest BCUT2D eigenvalue weighted by Crippen LogP contribution is -2.04. The van der Waals surface area contributed by atoms with Crippen molar-refractivity contribution >= 4 is 16.4 Å². The molecule has 0 fully saturated rings. The number of esters is 1. The van der Waals surface area contributed by atoms with E-state index in [1.54, 1.807) is 13.0 Å². The molecular weight excluding hydrogens is 188 g/mol. The van der Waals surface area contributed by atoms with Crippen molar-refractivity contribution in [3.63, 3.8) is 0 Å². The monoisotopic (exact) mass is 202 g/mol. The van der Waals surface area contributed by atoms with Crippen LogP contribution >= 0.6 is 0 Å². The van der Waals surface area contributed by atoms with Crippen LogP contribution in [0.2, 0.25) is 0 Å². The lowest BCUT2D eigenvalue weighted by atomic mass is 10.4. The Labute approximate surface area is 80.2 Å². The first-order chi connectivity index (χ1) is 6.16. The molecule has 0 amide bonds. The fourth-order valence-electron chi connectivity index (χ4n) is 0.633. The fraction of sp³-hybridized carbons (Fsp3) is 0.571. The van der Waals surface area contributed by atoms with E-state index in [1.807, 2.05) is 0 Å². The molecule has 5 nitrogen and oxygen atoms in total. The van der Waals surface area contributed by atoms with E-state index in [9.17, 15) is 10.0 Å². The molecule has 0 aliphatic carbocycles. The van der Waals surface area contributed by atoms with E-state index in [-0.39, 0.29) is 5.97 Å². The molecule has 0 rings (SSSR count).